The molecule has 0 bridgehead atoms. The number of aromatic nitrogens is 2. The molecule has 0 saturated carbocycles. The van der Waals surface area contributed by atoms with Gasteiger partial charge in [-0.25, -0.2) is 4.68 Å². The Bertz CT molecular complexity index is 860. The number of aryl methyl sites for hydroxylation is 2. The van der Waals surface area contributed by atoms with E-state index in [1.165, 1.54) is 11.8 Å². The molecular formula is C18H21N3O4. The molecule has 132 valence electrons. The highest BCUT2D eigenvalue weighted by molar-refractivity contribution is 5.94. The van der Waals surface area contributed by atoms with E-state index in [4.69, 9.17) is 9.47 Å². The van der Waals surface area contributed by atoms with Crippen LogP contribution in [0.15, 0.2) is 29.1 Å². The Balaban J connectivity index is 1.83. The van der Waals surface area contributed by atoms with E-state index in [1.54, 1.807) is 38.3 Å². The smallest absolute Gasteiger partial charge is 0.267 e. The number of benzene rings is 1. The van der Waals surface area contributed by atoms with Crippen molar-refractivity contribution in [3.63, 3.8) is 0 Å². The molecule has 0 spiro atoms. The van der Waals surface area contributed by atoms with E-state index in [9.17, 15) is 9.59 Å². The second-order valence-corrected chi connectivity index (χ2v) is 5.98. The summed E-state index contributed by atoms with van der Waals surface area (Å²) < 4.78 is 11.7. The van der Waals surface area contributed by atoms with E-state index in [0.29, 0.717) is 17.2 Å². The van der Waals surface area contributed by atoms with Crippen molar-refractivity contribution in [3.05, 3.63) is 45.9 Å². The molecule has 0 radical (unpaired) electrons. The maximum absolute atomic E-state index is 12.6. The van der Waals surface area contributed by atoms with Crippen LogP contribution in [0.2, 0.25) is 0 Å². The number of ether oxygens (including phenoxy) is 2. The van der Waals surface area contributed by atoms with E-state index < -0.39 is 6.04 Å². The highest BCUT2D eigenvalue weighted by atomic mass is 16.5. The predicted molar refractivity (Wildman–Crippen MR) is 93.4 cm³/mol. The molecule has 1 N–H and O–H groups in total. The first kappa shape index (κ1) is 17.0. The zero-order valence-electron chi connectivity index (χ0n) is 14.5. The first-order valence-electron chi connectivity index (χ1n) is 8.18. The summed E-state index contributed by atoms with van der Waals surface area (Å²) in [6.07, 6.45) is 2.72. The molecule has 1 amide bonds. The molecule has 1 aromatic heterocycles. The number of rotatable bonds is 5. The van der Waals surface area contributed by atoms with E-state index >= 15 is 0 Å². The van der Waals surface area contributed by atoms with Gasteiger partial charge in [-0.05, 0) is 43.9 Å². The molecule has 1 aromatic carbocycles. The van der Waals surface area contributed by atoms with Crippen LogP contribution in [0.25, 0.3) is 0 Å². The number of methoxy groups -OCH3 is 2. The molecule has 0 aliphatic heterocycles. The summed E-state index contributed by atoms with van der Waals surface area (Å²) in [6, 6.07) is 5.96. The SMILES string of the molecule is COc1ccc(NC(=O)C(C)n2nc3c(cc2=O)CCC3)c(OC)c1. The maximum Gasteiger partial charge on any atom is 0.267 e. The third kappa shape index (κ3) is 3.35. The molecule has 1 unspecified atom stereocenters. The molecule has 0 saturated heterocycles. The van der Waals surface area contributed by atoms with E-state index in [1.807, 2.05) is 0 Å². The second kappa shape index (κ2) is 6.96. The van der Waals surface area contributed by atoms with Crippen molar-refractivity contribution in [1.29, 1.82) is 0 Å². The Hall–Kier alpha value is -2.83. The van der Waals surface area contributed by atoms with Crippen molar-refractivity contribution in [1.82, 2.24) is 9.78 Å². The summed E-state index contributed by atoms with van der Waals surface area (Å²) in [5.74, 6) is 0.768. The molecule has 2 aromatic rings. The van der Waals surface area contributed by atoms with Gasteiger partial charge < -0.3 is 14.8 Å². The number of nitrogens with zero attached hydrogens (tertiary/aromatic N) is 2. The van der Waals surface area contributed by atoms with Crippen molar-refractivity contribution in [2.75, 3.05) is 19.5 Å². The summed E-state index contributed by atoms with van der Waals surface area (Å²) in [4.78, 5) is 24.9. The zero-order chi connectivity index (χ0) is 18.0. The summed E-state index contributed by atoms with van der Waals surface area (Å²) in [5.41, 5.74) is 2.14. The lowest BCUT2D eigenvalue weighted by molar-refractivity contribution is -0.119. The molecule has 0 fully saturated rings. The summed E-state index contributed by atoms with van der Waals surface area (Å²) in [6.45, 7) is 1.65. The Morgan fingerprint density at radius 2 is 2.04 bits per heavy atom. The minimum Gasteiger partial charge on any atom is -0.497 e. The van der Waals surface area contributed by atoms with Gasteiger partial charge in [-0.3, -0.25) is 9.59 Å². The number of nitrogens with one attached hydrogen (secondary N) is 1. The Kier molecular flexibility index (Phi) is 4.74. The second-order valence-electron chi connectivity index (χ2n) is 5.98. The van der Waals surface area contributed by atoms with Crippen molar-refractivity contribution < 1.29 is 14.3 Å². The Labute approximate surface area is 145 Å². The van der Waals surface area contributed by atoms with Crippen LogP contribution < -0.4 is 20.3 Å². The lowest BCUT2D eigenvalue weighted by atomic mass is 10.2. The van der Waals surface area contributed by atoms with Crippen LogP contribution in [0.5, 0.6) is 11.5 Å². The average Bonchev–Trinajstić information content (AvgIpc) is 3.07. The summed E-state index contributed by atoms with van der Waals surface area (Å²) >= 11 is 0. The zero-order valence-corrected chi connectivity index (χ0v) is 14.5. The van der Waals surface area contributed by atoms with Crippen molar-refractivity contribution in [2.45, 2.75) is 32.2 Å². The average molecular weight is 343 g/mol. The molecule has 1 aliphatic carbocycles. The number of carbonyl (C=O) groups is 1. The third-order valence-electron chi connectivity index (χ3n) is 4.40. The number of hydrogen-bond donors (Lipinski definition) is 1. The van der Waals surface area contributed by atoms with Crippen LogP contribution in [0.3, 0.4) is 0 Å². The van der Waals surface area contributed by atoms with E-state index in [2.05, 4.69) is 10.4 Å². The monoisotopic (exact) mass is 343 g/mol. The third-order valence-corrected chi connectivity index (χ3v) is 4.40. The van der Waals surface area contributed by atoms with Gasteiger partial charge in [-0.15, -0.1) is 0 Å². The van der Waals surface area contributed by atoms with Gasteiger partial charge in [0.05, 0.1) is 25.6 Å². The minimum absolute atomic E-state index is 0.259. The van der Waals surface area contributed by atoms with Gasteiger partial charge >= 0.3 is 0 Å². The molecule has 1 aliphatic rings. The van der Waals surface area contributed by atoms with Crippen LogP contribution >= 0.6 is 0 Å². The molecule has 1 heterocycles. The fraction of sp³-hybridized carbons (Fsp3) is 0.389. The lowest BCUT2D eigenvalue weighted by Crippen LogP contribution is -2.34. The molecule has 1 atom stereocenters. The van der Waals surface area contributed by atoms with Gasteiger partial charge in [-0.2, -0.15) is 5.10 Å². The number of anilines is 1. The lowest BCUT2D eigenvalue weighted by Gasteiger charge is -2.17. The van der Waals surface area contributed by atoms with E-state index in [-0.39, 0.29) is 11.5 Å². The summed E-state index contributed by atoms with van der Waals surface area (Å²) in [7, 11) is 3.07. The number of hydrogen-bond acceptors (Lipinski definition) is 5. The van der Waals surface area contributed by atoms with Gasteiger partial charge in [0.2, 0.25) is 5.91 Å². The molecule has 7 nitrogen and oxygen atoms in total. The number of fused-ring (bicyclic) bond motifs is 1. The largest absolute Gasteiger partial charge is 0.497 e. The van der Waals surface area contributed by atoms with Gasteiger partial charge in [0, 0.05) is 12.1 Å². The Morgan fingerprint density at radius 3 is 2.76 bits per heavy atom. The van der Waals surface area contributed by atoms with Crippen LogP contribution in [-0.2, 0) is 17.6 Å². The highest BCUT2D eigenvalue weighted by Gasteiger charge is 2.22. The fourth-order valence-electron chi connectivity index (χ4n) is 2.94. The Morgan fingerprint density at radius 1 is 1.24 bits per heavy atom. The van der Waals surface area contributed by atoms with Crippen molar-refractivity contribution in [2.24, 2.45) is 0 Å². The van der Waals surface area contributed by atoms with Crippen LogP contribution in [0, 0.1) is 0 Å². The first-order chi connectivity index (χ1) is 12.0. The number of amides is 1. The van der Waals surface area contributed by atoms with Gasteiger partial charge in [-0.1, -0.05) is 0 Å². The molecule has 25 heavy (non-hydrogen) atoms. The normalized spacial score (nSPS) is 13.9. The first-order valence-corrected chi connectivity index (χ1v) is 8.18. The topological polar surface area (TPSA) is 82.5 Å². The minimum atomic E-state index is -0.731. The standard InChI is InChI=1S/C18H21N3O4/c1-11(21-17(22)9-12-5-4-6-14(12)20-21)18(23)19-15-8-7-13(24-2)10-16(15)25-3/h7-11H,4-6H2,1-3H3,(H,19,23). The van der Waals surface area contributed by atoms with Gasteiger partial charge in [0.15, 0.2) is 0 Å². The fourth-order valence-corrected chi connectivity index (χ4v) is 2.94. The molecule has 3 rings (SSSR count). The molecule has 7 heteroatoms. The summed E-state index contributed by atoms with van der Waals surface area (Å²) in [5, 5.41) is 7.16. The van der Waals surface area contributed by atoms with Crippen LogP contribution in [-0.4, -0.2) is 29.9 Å². The van der Waals surface area contributed by atoms with E-state index in [0.717, 1.165) is 30.5 Å². The van der Waals surface area contributed by atoms with Crippen molar-refractivity contribution >= 4 is 11.6 Å². The quantitative estimate of drug-likeness (QED) is 0.897. The highest BCUT2D eigenvalue weighted by Crippen LogP contribution is 2.29. The van der Waals surface area contributed by atoms with Gasteiger partial charge in [0.1, 0.15) is 17.5 Å². The molecular weight excluding hydrogens is 322 g/mol. The van der Waals surface area contributed by atoms with Crippen molar-refractivity contribution in [3.8, 4) is 11.5 Å². The van der Waals surface area contributed by atoms with Crippen LogP contribution in [0.1, 0.15) is 30.6 Å². The van der Waals surface area contributed by atoms with Crippen LogP contribution in [0.4, 0.5) is 5.69 Å². The van der Waals surface area contributed by atoms with Gasteiger partial charge in [0.25, 0.3) is 5.56 Å². The predicted octanol–water partition coefficient (Wildman–Crippen LogP) is 1.95. The number of carbonyl (C=O) groups excluding carboxylic acids is 1. The maximum atomic E-state index is 12.6.